The van der Waals surface area contributed by atoms with Crippen molar-refractivity contribution in [3.63, 3.8) is 0 Å². The maximum atomic E-state index is 9.01. The van der Waals surface area contributed by atoms with Crippen LogP contribution in [0.2, 0.25) is 0 Å². The Morgan fingerprint density at radius 2 is 2.00 bits per heavy atom. The number of hydrogen-bond donors (Lipinski definition) is 3. The van der Waals surface area contributed by atoms with Gasteiger partial charge in [-0.1, -0.05) is 0 Å². The summed E-state index contributed by atoms with van der Waals surface area (Å²) in [5, 5.41) is 16.5. The zero-order valence-electron chi connectivity index (χ0n) is 14.6. The molecular formula is C19H19N7O. The van der Waals surface area contributed by atoms with Crippen LogP contribution in [0.15, 0.2) is 55.0 Å². The summed E-state index contributed by atoms with van der Waals surface area (Å²) < 4.78 is 1.67. The second-order valence-corrected chi connectivity index (χ2v) is 6.05. The summed E-state index contributed by atoms with van der Waals surface area (Å²) in [4.78, 5) is 13.5. The lowest BCUT2D eigenvalue weighted by atomic mass is 10.2. The van der Waals surface area contributed by atoms with Gasteiger partial charge < -0.3 is 16.2 Å². The molecule has 0 unspecified atom stereocenters. The van der Waals surface area contributed by atoms with Gasteiger partial charge in [0.2, 0.25) is 0 Å². The highest BCUT2D eigenvalue weighted by molar-refractivity contribution is 5.74. The molecule has 136 valence electrons. The number of pyridine rings is 3. The molecule has 0 fully saturated rings. The third-order valence-electron chi connectivity index (χ3n) is 4.14. The van der Waals surface area contributed by atoms with E-state index in [9.17, 15) is 0 Å². The van der Waals surface area contributed by atoms with E-state index in [1.807, 2.05) is 42.6 Å². The number of nitrogens with zero attached hydrogens (tertiary/aromatic N) is 5. The Bertz CT molecular complexity index is 1080. The lowest BCUT2D eigenvalue weighted by molar-refractivity contribution is 0.269. The van der Waals surface area contributed by atoms with Gasteiger partial charge in [0.15, 0.2) is 0 Å². The molecule has 27 heavy (non-hydrogen) atoms. The smallest absolute Gasteiger partial charge is 0.150 e. The first-order valence-corrected chi connectivity index (χ1v) is 8.57. The number of nitrogens with two attached hydrogens (primary N) is 1. The monoisotopic (exact) mass is 361 g/mol. The van der Waals surface area contributed by atoms with Gasteiger partial charge in [0.1, 0.15) is 5.82 Å². The fraction of sp³-hybridized carbons (Fsp3) is 0.158. The minimum Gasteiger partial charge on any atom is -0.396 e. The van der Waals surface area contributed by atoms with Crippen LogP contribution in [0.3, 0.4) is 0 Å². The van der Waals surface area contributed by atoms with Crippen molar-refractivity contribution in [2.24, 2.45) is 0 Å². The molecule has 0 saturated carbocycles. The number of aliphatic hydroxyl groups is 1. The lowest BCUT2D eigenvalue weighted by Crippen LogP contribution is -2.06. The maximum Gasteiger partial charge on any atom is 0.150 e. The number of aromatic nitrogens is 5. The molecule has 0 aromatic carbocycles. The SMILES string of the molecule is Nc1ccc(-c2cnn(CCO)c2)nc1NCc1ccc2ncccc2n1. The van der Waals surface area contributed by atoms with E-state index in [-0.39, 0.29) is 6.61 Å². The van der Waals surface area contributed by atoms with Crippen LogP contribution in [0.1, 0.15) is 5.69 Å². The molecule has 0 radical (unpaired) electrons. The van der Waals surface area contributed by atoms with E-state index in [1.54, 1.807) is 17.1 Å². The quantitative estimate of drug-likeness (QED) is 0.481. The summed E-state index contributed by atoms with van der Waals surface area (Å²) in [6, 6.07) is 11.3. The summed E-state index contributed by atoms with van der Waals surface area (Å²) >= 11 is 0. The van der Waals surface area contributed by atoms with Gasteiger partial charge in [0, 0.05) is 18.0 Å². The highest BCUT2D eigenvalue weighted by Gasteiger charge is 2.08. The Morgan fingerprint density at radius 3 is 2.89 bits per heavy atom. The molecule has 0 aliphatic rings. The van der Waals surface area contributed by atoms with E-state index < -0.39 is 0 Å². The van der Waals surface area contributed by atoms with Gasteiger partial charge in [-0.15, -0.1) is 0 Å². The third kappa shape index (κ3) is 3.70. The Labute approximate surface area is 155 Å². The number of nitrogens with one attached hydrogen (secondary N) is 1. The molecule has 0 aliphatic carbocycles. The zero-order valence-corrected chi connectivity index (χ0v) is 14.6. The normalized spacial score (nSPS) is 11.0. The topological polar surface area (TPSA) is 115 Å². The van der Waals surface area contributed by atoms with Gasteiger partial charge in [-0.25, -0.2) is 9.97 Å². The average Bonchev–Trinajstić information content (AvgIpc) is 3.16. The largest absolute Gasteiger partial charge is 0.396 e. The summed E-state index contributed by atoms with van der Waals surface area (Å²) in [7, 11) is 0. The molecule has 8 heteroatoms. The van der Waals surface area contributed by atoms with Crippen molar-refractivity contribution >= 4 is 22.5 Å². The molecule has 0 aliphatic heterocycles. The third-order valence-corrected chi connectivity index (χ3v) is 4.14. The molecule has 0 atom stereocenters. The molecular weight excluding hydrogens is 342 g/mol. The van der Waals surface area contributed by atoms with Crippen LogP contribution in [-0.4, -0.2) is 36.4 Å². The van der Waals surface area contributed by atoms with Crippen molar-refractivity contribution < 1.29 is 5.11 Å². The molecule has 0 bridgehead atoms. The second-order valence-electron chi connectivity index (χ2n) is 6.05. The Kier molecular flexibility index (Phi) is 4.63. The highest BCUT2D eigenvalue weighted by atomic mass is 16.3. The van der Waals surface area contributed by atoms with Gasteiger partial charge in [-0.05, 0) is 36.4 Å². The second kappa shape index (κ2) is 7.38. The van der Waals surface area contributed by atoms with Crippen molar-refractivity contribution in [1.29, 1.82) is 0 Å². The molecule has 4 aromatic rings. The van der Waals surface area contributed by atoms with Crippen LogP contribution in [0.25, 0.3) is 22.3 Å². The van der Waals surface area contributed by atoms with E-state index in [4.69, 9.17) is 10.8 Å². The fourth-order valence-corrected chi connectivity index (χ4v) is 2.76. The van der Waals surface area contributed by atoms with E-state index >= 15 is 0 Å². The van der Waals surface area contributed by atoms with E-state index in [2.05, 4.69) is 25.4 Å². The predicted molar refractivity (Wildman–Crippen MR) is 104 cm³/mol. The van der Waals surface area contributed by atoms with Gasteiger partial charge in [0.25, 0.3) is 0 Å². The molecule has 0 amide bonds. The molecule has 4 N–H and O–H groups in total. The fourth-order valence-electron chi connectivity index (χ4n) is 2.76. The zero-order chi connectivity index (χ0) is 18.6. The molecule has 4 heterocycles. The first-order chi connectivity index (χ1) is 13.2. The Morgan fingerprint density at radius 1 is 1.07 bits per heavy atom. The lowest BCUT2D eigenvalue weighted by Gasteiger charge is -2.10. The molecule has 8 nitrogen and oxygen atoms in total. The standard InChI is InChI=1S/C19H19N7O/c20-15-4-6-16(13-10-23-26(12-13)8-9-27)25-19(15)22-11-14-3-5-17-18(24-14)2-1-7-21-17/h1-7,10,12,27H,8-9,11,20H2,(H,22,25). The minimum absolute atomic E-state index is 0.0391. The van der Waals surface area contributed by atoms with E-state index in [0.29, 0.717) is 24.6 Å². The van der Waals surface area contributed by atoms with Gasteiger partial charge in [-0.3, -0.25) is 9.67 Å². The summed E-state index contributed by atoms with van der Waals surface area (Å²) in [5.41, 5.74) is 10.8. The van der Waals surface area contributed by atoms with Crippen LogP contribution >= 0.6 is 0 Å². The summed E-state index contributed by atoms with van der Waals surface area (Å²) in [6.07, 6.45) is 5.31. The highest BCUT2D eigenvalue weighted by Crippen LogP contribution is 2.23. The number of fused-ring (bicyclic) bond motifs is 1. The van der Waals surface area contributed by atoms with Crippen LogP contribution in [-0.2, 0) is 13.1 Å². The predicted octanol–water partition coefficient (Wildman–Crippen LogP) is 2.07. The minimum atomic E-state index is 0.0391. The summed E-state index contributed by atoms with van der Waals surface area (Å²) in [6.45, 7) is 0.981. The van der Waals surface area contributed by atoms with Gasteiger partial charge in [0.05, 0.1) is 54.0 Å². The number of rotatable bonds is 6. The van der Waals surface area contributed by atoms with Gasteiger partial charge in [-0.2, -0.15) is 5.10 Å². The molecule has 4 aromatic heterocycles. The van der Waals surface area contributed by atoms with E-state index in [1.165, 1.54) is 0 Å². The number of anilines is 2. The van der Waals surface area contributed by atoms with Gasteiger partial charge >= 0.3 is 0 Å². The average molecular weight is 361 g/mol. The van der Waals surface area contributed by atoms with Crippen molar-refractivity contribution in [3.8, 4) is 11.3 Å². The molecule has 0 saturated heterocycles. The Balaban J connectivity index is 1.53. The Hall–Kier alpha value is -3.52. The molecule has 0 spiro atoms. The summed E-state index contributed by atoms with van der Waals surface area (Å²) in [5.74, 6) is 0.593. The number of aliphatic hydroxyl groups excluding tert-OH is 1. The van der Waals surface area contributed by atoms with Crippen molar-refractivity contribution in [3.05, 3.63) is 60.7 Å². The van der Waals surface area contributed by atoms with Crippen LogP contribution in [0.4, 0.5) is 11.5 Å². The first-order valence-electron chi connectivity index (χ1n) is 8.57. The van der Waals surface area contributed by atoms with Crippen molar-refractivity contribution in [2.75, 3.05) is 17.7 Å². The maximum absolute atomic E-state index is 9.01. The van der Waals surface area contributed by atoms with Crippen molar-refractivity contribution in [2.45, 2.75) is 13.1 Å². The van der Waals surface area contributed by atoms with Crippen molar-refractivity contribution in [1.82, 2.24) is 24.7 Å². The first kappa shape index (κ1) is 16.9. The van der Waals surface area contributed by atoms with Crippen LogP contribution in [0, 0.1) is 0 Å². The molecule has 4 rings (SSSR count). The number of nitrogen functional groups attached to an aromatic ring is 1. The van der Waals surface area contributed by atoms with E-state index in [0.717, 1.165) is 28.0 Å². The number of hydrogen-bond acceptors (Lipinski definition) is 7. The van der Waals surface area contributed by atoms with Crippen LogP contribution in [0.5, 0.6) is 0 Å². The van der Waals surface area contributed by atoms with Crippen LogP contribution < -0.4 is 11.1 Å².